The molecule has 0 saturated carbocycles. The zero-order chi connectivity index (χ0) is 24.8. The first-order valence-electron chi connectivity index (χ1n) is 7.82. The van der Waals surface area contributed by atoms with Gasteiger partial charge in [0.15, 0.2) is 6.17 Å². The summed E-state index contributed by atoms with van der Waals surface area (Å²) in [5, 5.41) is -4.33. The summed E-state index contributed by atoms with van der Waals surface area (Å²) < 4.78 is 182. The van der Waals surface area contributed by atoms with Gasteiger partial charge in [-0.1, -0.05) is 12.8 Å². The SMILES string of the molecule is CNC.O=S(=O)(O)C(F)(F)C(F)(F)C(F)(F)C(F)(F)C(F)CCCCCC(F)(F)F. The third kappa shape index (κ3) is 7.32. The molecule has 0 saturated heterocycles. The summed E-state index contributed by atoms with van der Waals surface area (Å²) in [4.78, 5) is 0. The van der Waals surface area contributed by atoms with Crippen LogP contribution in [0.25, 0.3) is 0 Å². The minimum absolute atomic E-state index is 0.626. The van der Waals surface area contributed by atoms with Gasteiger partial charge in [0.2, 0.25) is 0 Å². The molecule has 0 aliphatic heterocycles. The van der Waals surface area contributed by atoms with Crippen LogP contribution in [0.2, 0.25) is 0 Å². The molecule has 30 heavy (non-hydrogen) atoms. The second-order valence-electron chi connectivity index (χ2n) is 5.95. The molecule has 4 nitrogen and oxygen atoms in total. The van der Waals surface area contributed by atoms with Gasteiger partial charge in [-0.25, -0.2) is 4.39 Å². The normalized spacial score (nSPS) is 15.4. The Balaban J connectivity index is 0. The van der Waals surface area contributed by atoms with Gasteiger partial charge in [-0.15, -0.1) is 0 Å². The van der Waals surface area contributed by atoms with Crippen LogP contribution in [0, 0.1) is 0 Å². The number of alkyl halides is 12. The van der Waals surface area contributed by atoms with Gasteiger partial charge < -0.3 is 5.32 Å². The highest BCUT2D eigenvalue weighted by Gasteiger charge is 2.85. The quantitative estimate of drug-likeness (QED) is 0.252. The van der Waals surface area contributed by atoms with Crippen molar-refractivity contribution in [2.45, 2.75) is 67.5 Å². The first-order valence-corrected chi connectivity index (χ1v) is 9.26. The Morgan fingerprint density at radius 3 is 1.53 bits per heavy atom. The third-order valence-corrected chi connectivity index (χ3v) is 4.22. The Hall–Kier alpha value is -0.970. The standard InChI is InChI=1S/C11H12F12O3S.C2H7N/c12-6(4-2-1-3-5-7(13,14)15)8(16,17)9(18,19)10(20,21)11(22,23)27(24,25)26;1-3-2/h6H,1-5H2,(H,24,25,26);3H,1-2H3. The topological polar surface area (TPSA) is 66.4 Å². The van der Waals surface area contributed by atoms with Crippen molar-refractivity contribution in [1.82, 2.24) is 5.32 Å². The molecular formula is C13H19F12NO3S. The van der Waals surface area contributed by atoms with E-state index in [9.17, 15) is 61.1 Å². The molecule has 17 heteroatoms. The van der Waals surface area contributed by atoms with E-state index < -0.39 is 77.6 Å². The summed E-state index contributed by atoms with van der Waals surface area (Å²) in [7, 11) is -3.54. The minimum atomic E-state index is -7.42. The lowest BCUT2D eigenvalue weighted by atomic mass is 9.96. The summed E-state index contributed by atoms with van der Waals surface area (Å²) in [5.41, 5.74) is 0. The molecule has 0 aliphatic rings. The summed E-state index contributed by atoms with van der Waals surface area (Å²) in [6, 6.07) is 0. The summed E-state index contributed by atoms with van der Waals surface area (Å²) in [6.07, 6.45) is -14.3. The fraction of sp³-hybridized carbons (Fsp3) is 1.00. The van der Waals surface area contributed by atoms with Gasteiger partial charge in [0.05, 0.1) is 0 Å². The van der Waals surface area contributed by atoms with Gasteiger partial charge in [0.1, 0.15) is 0 Å². The Labute approximate surface area is 163 Å². The zero-order valence-electron chi connectivity index (χ0n) is 15.3. The molecule has 0 aliphatic carbocycles. The molecule has 184 valence electrons. The lowest BCUT2D eigenvalue weighted by Gasteiger charge is -2.36. The second kappa shape index (κ2) is 10.6. The molecule has 0 heterocycles. The van der Waals surface area contributed by atoms with Crippen LogP contribution in [0.15, 0.2) is 0 Å². The van der Waals surface area contributed by atoms with Gasteiger partial charge >= 0.3 is 39.3 Å². The van der Waals surface area contributed by atoms with Gasteiger partial charge in [0, 0.05) is 6.42 Å². The highest BCUT2D eigenvalue weighted by molar-refractivity contribution is 7.87. The van der Waals surface area contributed by atoms with E-state index in [1.165, 1.54) is 0 Å². The van der Waals surface area contributed by atoms with E-state index in [0.717, 1.165) is 0 Å². The van der Waals surface area contributed by atoms with Crippen LogP contribution in [-0.2, 0) is 10.1 Å². The average molecular weight is 497 g/mol. The highest BCUT2D eigenvalue weighted by atomic mass is 32.2. The fourth-order valence-electron chi connectivity index (χ4n) is 1.76. The molecule has 0 aromatic heterocycles. The molecule has 0 rings (SSSR count). The fourth-order valence-corrected chi connectivity index (χ4v) is 2.21. The van der Waals surface area contributed by atoms with Crippen LogP contribution >= 0.6 is 0 Å². The number of hydrogen-bond donors (Lipinski definition) is 2. The van der Waals surface area contributed by atoms with E-state index in [0.29, 0.717) is 0 Å². The first kappa shape index (κ1) is 31.2. The lowest BCUT2D eigenvalue weighted by Crippen LogP contribution is -2.66. The van der Waals surface area contributed by atoms with Crippen LogP contribution in [-0.4, -0.2) is 62.4 Å². The molecule has 0 fully saturated rings. The van der Waals surface area contributed by atoms with Crippen molar-refractivity contribution in [1.29, 1.82) is 0 Å². The molecule has 2 N–H and O–H groups in total. The van der Waals surface area contributed by atoms with Gasteiger partial charge in [-0.05, 0) is 26.9 Å². The average Bonchev–Trinajstić information content (AvgIpc) is 2.52. The molecule has 0 aromatic rings. The first-order chi connectivity index (χ1) is 13.0. The zero-order valence-corrected chi connectivity index (χ0v) is 16.1. The van der Waals surface area contributed by atoms with Crippen LogP contribution < -0.4 is 5.32 Å². The van der Waals surface area contributed by atoms with Crippen LogP contribution in [0.1, 0.15) is 32.1 Å². The summed E-state index contributed by atoms with van der Waals surface area (Å²) >= 11 is 0. The summed E-state index contributed by atoms with van der Waals surface area (Å²) in [5.74, 6) is -21.2. The van der Waals surface area contributed by atoms with Crippen LogP contribution in [0.5, 0.6) is 0 Å². The lowest BCUT2D eigenvalue weighted by molar-refractivity contribution is -0.359. The maximum atomic E-state index is 13.3. The number of hydrogen-bond acceptors (Lipinski definition) is 3. The smallest absolute Gasteiger partial charge is 0.323 e. The maximum absolute atomic E-state index is 13.3. The Morgan fingerprint density at radius 1 is 0.800 bits per heavy atom. The minimum Gasteiger partial charge on any atom is -0.323 e. The van der Waals surface area contributed by atoms with E-state index in [1.807, 2.05) is 14.1 Å². The van der Waals surface area contributed by atoms with E-state index in [2.05, 4.69) is 5.32 Å². The van der Waals surface area contributed by atoms with E-state index in [1.54, 1.807) is 0 Å². The van der Waals surface area contributed by atoms with Crippen LogP contribution in [0.3, 0.4) is 0 Å². The number of nitrogens with one attached hydrogen (secondary N) is 1. The predicted molar refractivity (Wildman–Crippen MR) is 80.4 cm³/mol. The maximum Gasteiger partial charge on any atom is 0.438 e. The predicted octanol–water partition coefficient (Wildman–Crippen LogP) is 5.06. The largest absolute Gasteiger partial charge is 0.438 e. The molecule has 1 atom stereocenters. The molecule has 0 aromatic carbocycles. The molecule has 1 unspecified atom stereocenters. The van der Waals surface area contributed by atoms with Gasteiger partial charge in [-0.3, -0.25) is 4.55 Å². The van der Waals surface area contributed by atoms with Crippen molar-refractivity contribution < 1.29 is 65.7 Å². The Kier molecular flexibility index (Phi) is 11.0. The van der Waals surface area contributed by atoms with Gasteiger partial charge in [-0.2, -0.15) is 56.7 Å². The molecule has 0 amide bonds. The van der Waals surface area contributed by atoms with Crippen molar-refractivity contribution in [2.75, 3.05) is 14.1 Å². The third-order valence-electron chi connectivity index (χ3n) is 3.31. The molecular weight excluding hydrogens is 478 g/mol. The number of halogens is 12. The van der Waals surface area contributed by atoms with Crippen molar-refractivity contribution >= 4 is 10.1 Å². The Bertz CT molecular complexity index is 621. The van der Waals surface area contributed by atoms with E-state index in [-0.39, 0.29) is 0 Å². The summed E-state index contributed by atoms with van der Waals surface area (Å²) in [6.45, 7) is 0. The number of unbranched alkanes of at least 4 members (excludes halogenated alkanes) is 2. The molecule has 0 bridgehead atoms. The van der Waals surface area contributed by atoms with Crippen LogP contribution in [0.4, 0.5) is 52.7 Å². The van der Waals surface area contributed by atoms with E-state index in [4.69, 9.17) is 4.55 Å². The van der Waals surface area contributed by atoms with Crippen molar-refractivity contribution in [2.24, 2.45) is 0 Å². The monoisotopic (exact) mass is 497 g/mol. The second-order valence-corrected chi connectivity index (χ2v) is 7.41. The van der Waals surface area contributed by atoms with Gasteiger partial charge in [0.25, 0.3) is 0 Å². The molecule has 0 radical (unpaired) electrons. The van der Waals surface area contributed by atoms with Crippen molar-refractivity contribution in [3.63, 3.8) is 0 Å². The number of rotatable bonds is 10. The van der Waals surface area contributed by atoms with E-state index >= 15 is 0 Å². The molecule has 0 spiro atoms. The Morgan fingerprint density at radius 2 is 1.20 bits per heavy atom. The highest BCUT2D eigenvalue weighted by Crippen LogP contribution is 2.55. The van der Waals surface area contributed by atoms with Crippen molar-refractivity contribution in [3.8, 4) is 0 Å². The van der Waals surface area contributed by atoms with Crippen molar-refractivity contribution in [3.05, 3.63) is 0 Å².